The van der Waals surface area contributed by atoms with Crippen molar-refractivity contribution in [3.05, 3.63) is 83.9 Å². The minimum Gasteiger partial charge on any atom is -0.490 e. The van der Waals surface area contributed by atoms with Crippen molar-refractivity contribution in [3.63, 3.8) is 0 Å². The van der Waals surface area contributed by atoms with E-state index in [4.69, 9.17) is 14.2 Å². The maximum atomic E-state index is 13.4. The first-order valence-electron chi connectivity index (χ1n) is 12.4. The summed E-state index contributed by atoms with van der Waals surface area (Å²) in [5, 5.41) is 9.11. The molecule has 1 aliphatic heterocycles. The third-order valence-electron chi connectivity index (χ3n) is 6.06. The molecule has 8 nitrogen and oxygen atoms in total. The number of benzene rings is 3. The van der Waals surface area contributed by atoms with Crippen LogP contribution in [0, 0.1) is 0 Å². The third kappa shape index (κ3) is 5.15. The molecule has 9 heteroatoms. The van der Waals surface area contributed by atoms with Gasteiger partial charge in [-0.1, -0.05) is 67.2 Å². The second kappa shape index (κ2) is 11.5. The zero-order valence-electron chi connectivity index (χ0n) is 21.5. The lowest BCUT2D eigenvalue weighted by molar-refractivity contribution is -0.120. The van der Waals surface area contributed by atoms with E-state index >= 15 is 0 Å². The summed E-state index contributed by atoms with van der Waals surface area (Å²) in [7, 11) is 0. The molecule has 194 valence electrons. The molecular weight excluding hydrogens is 500 g/mol. The van der Waals surface area contributed by atoms with Gasteiger partial charge in [0.1, 0.15) is 6.61 Å². The molecule has 0 radical (unpaired) electrons. The van der Waals surface area contributed by atoms with Gasteiger partial charge >= 0.3 is 0 Å². The van der Waals surface area contributed by atoms with Crippen molar-refractivity contribution in [2.75, 3.05) is 17.8 Å². The highest BCUT2D eigenvalue weighted by Gasteiger charge is 2.35. The lowest BCUT2D eigenvalue weighted by Gasteiger charge is -2.31. The van der Waals surface area contributed by atoms with Crippen molar-refractivity contribution >= 4 is 23.4 Å². The van der Waals surface area contributed by atoms with E-state index < -0.39 is 6.23 Å². The van der Waals surface area contributed by atoms with Crippen LogP contribution in [0.4, 0.5) is 5.69 Å². The molecule has 0 fully saturated rings. The first-order chi connectivity index (χ1) is 18.6. The average molecular weight is 529 g/mol. The molecule has 0 aliphatic carbocycles. The number of anilines is 1. The first-order valence-corrected chi connectivity index (χ1v) is 13.7. The van der Waals surface area contributed by atoms with Gasteiger partial charge in [-0.05, 0) is 43.0 Å². The number of fused-ring (bicyclic) bond motifs is 3. The highest BCUT2D eigenvalue weighted by Crippen LogP contribution is 2.44. The average Bonchev–Trinajstić information content (AvgIpc) is 3.11. The quantitative estimate of drug-likeness (QED) is 0.255. The molecule has 0 N–H and O–H groups in total. The number of carbonyl (C=O) groups is 1. The van der Waals surface area contributed by atoms with Gasteiger partial charge in [-0.2, -0.15) is 4.98 Å². The van der Waals surface area contributed by atoms with Crippen molar-refractivity contribution in [1.29, 1.82) is 0 Å². The Kier molecular flexibility index (Phi) is 7.74. The molecule has 0 saturated heterocycles. The van der Waals surface area contributed by atoms with Gasteiger partial charge in [0.05, 0.1) is 12.3 Å². The summed E-state index contributed by atoms with van der Waals surface area (Å²) in [4.78, 5) is 19.7. The number of hydrogen-bond acceptors (Lipinski definition) is 8. The fraction of sp³-hybridized carbons (Fsp3) is 0.241. The molecule has 38 heavy (non-hydrogen) atoms. The number of aromatic nitrogens is 3. The van der Waals surface area contributed by atoms with Crippen molar-refractivity contribution < 1.29 is 19.0 Å². The Morgan fingerprint density at radius 1 is 0.974 bits per heavy atom. The minimum atomic E-state index is -0.807. The number of hydrogen-bond donors (Lipinski definition) is 0. The van der Waals surface area contributed by atoms with Gasteiger partial charge < -0.3 is 14.2 Å². The van der Waals surface area contributed by atoms with Crippen LogP contribution in [0.15, 0.2) is 78.0 Å². The van der Waals surface area contributed by atoms with Gasteiger partial charge in [-0.25, -0.2) is 0 Å². The maximum Gasteiger partial charge on any atom is 0.247 e. The van der Waals surface area contributed by atoms with Crippen LogP contribution in [0.25, 0.3) is 11.3 Å². The van der Waals surface area contributed by atoms with Crippen LogP contribution in [-0.2, 0) is 11.4 Å². The first kappa shape index (κ1) is 25.5. The number of amides is 1. The van der Waals surface area contributed by atoms with Crippen LogP contribution in [0.5, 0.6) is 17.4 Å². The molecule has 5 rings (SSSR count). The summed E-state index contributed by atoms with van der Waals surface area (Å²) in [5.74, 6) is 1.39. The van der Waals surface area contributed by atoms with E-state index in [1.165, 1.54) is 11.8 Å². The summed E-state index contributed by atoms with van der Waals surface area (Å²) >= 11 is 1.37. The lowest BCUT2D eigenvalue weighted by atomic mass is 10.1. The molecule has 0 bridgehead atoms. The predicted molar refractivity (Wildman–Crippen MR) is 147 cm³/mol. The van der Waals surface area contributed by atoms with Gasteiger partial charge in [0.15, 0.2) is 17.2 Å². The summed E-state index contributed by atoms with van der Waals surface area (Å²) in [6, 6.07) is 23.1. The second-order valence-corrected chi connectivity index (χ2v) is 9.24. The molecule has 2 heterocycles. The van der Waals surface area contributed by atoms with Gasteiger partial charge in [0, 0.05) is 17.5 Å². The van der Waals surface area contributed by atoms with E-state index in [1.807, 2.05) is 92.9 Å². The lowest BCUT2D eigenvalue weighted by Crippen LogP contribution is -2.37. The van der Waals surface area contributed by atoms with Gasteiger partial charge in [0.2, 0.25) is 23.2 Å². The van der Waals surface area contributed by atoms with E-state index in [1.54, 1.807) is 4.90 Å². The summed E-state index contributed by atoms with van der Waals surface area (Å²) in [6.45, 7) is 4.60. The number of nitrogens with zero attached hydrogens (tertiary/aromatic N) is 4. The molecule has 1 atom stereocenters. The maximum absolute atomic E-state index is 13.4. The molecule has 0 spiro atoms. The fourth-order valence-electron chi connectivity index (χ4n) is 4.26. The topological polar surface area (TPSA) is 86.7 Å². The van der Waals surface area contributed by atoms with Crippen LogP contribution >= 0.6 is 11.8 Å². The van der Waals surface area contributed by atoms with Crippen LogP contribution in [0.3, 0.4) is 0 Å². The number of thioether (sulfide) groups is 1. The van der Waals surface area contributed by atoms with Gasteiger partial charge in [0.25, 0.3) is 0 Å². The summed E-state index contributed by atoms with van der Waals surface area (Å²) in [6.07, 6.45) is 1.36. The smallest absolute Gasteiger partial charge is 0.247 e. The Balaban J connectivity index is 1.59. The Bertz CT molecular complexity index is 1430. The zero-order chi connectivity index (χ0) is 26.5. The van der Waals surface area contributed by atoms with Crippen molar-refractivity contribution in [3.8, 4) is 28.6 Å². The van der Waals surface area contributed by atoms with Crippen LogP contribution in [-0.4, -0.2) is 34.0 Å². The van der Waals surface area contributed by atoms with E-state index in [-0.39, 0.29) is 12.3 Å². The second-order valence-electron chi connectivity index (χ2n) is 8.47. The fourth-order valence-corrected chi connectivity index (χ4v) is 4.55. The molecule has 1 amide bonds. The molecule has 0 saturated carbocycles. The Morgan fingerprint density at radius 3 is 2.53 bits per heavy atom. The van der Waals surface area contributed by atoms with Crippen molar-refractivity contribution in [1.82, 2.24) is 15.2 Å². The van der Waals surface area contributed by atoms with E-state index in [2.05, 4.69) is 15.2 Å². The number of ether oxygens (including phenoxy) is 3. The Labute approximate surface area is 226 Å². The molecule has 1 aliphatic rings. The monoisotopic (exact) mass is 528 g/mol. The van der Waals surface area contributed by atoms with Crippen LogP contribution < -0.4 is 19.1 Å². The Morgan fingerprint density at radius 2 is 1.76 bits per heavy atom. The SMILES string of the molecule is CCOc1cc([C@@H]2Oc3nc(SC)nnc3-c3ccccc3N2C(=O)CC)ccc1OCc1ccccc1. The number of carbonyl (C=O) groups excluding carboxylic acids is 1. The Hall–Kier alpha value is -4.11. The molecule has 3 aromatic carbocycles. The summed E-state index contributed by atoms with van der Waals surface area (Å²) in [5.41, 5.74) is 3.67. The number of para-hydroxylation sites is 1. The van der Waals surface area contributed by atoms with Crippen LogP contribution in [0.1, 0.15) is 37.6 Å². The van der Waals surface area contributed by atoms with Gasteiger partial charge in [-0.3, -0.25) is 9.69 Å². The van der Waals surface area contributed by atoms with E-state index in [0.717, 1.165) is 11.1 Å². The summed E-state index contributed by atoms with van der Waals surface area (Å²) < 4.78 is 18.5. The standard InChI is InChI=1S/C29H28N4O4S/c1-4-25(34)33-22-14-10-9-13-21(22)26-27(30-29(38-3)32-31-26)37-28(33)20-15-16-23(24(17-20)35-5-2)36-18-19-11-7-6-8-12-19/h6-17,28H,4-5,18H2,1-3H3/t28-/m0/s1. The predicted octanol–water partition coefficient (Wildman–Crippen LogP) is 6.07. The molecule has 4 aromatic rings. The molecule has 0 unspecified atom stereocenters. The van der Waals surface area contributed by atoms with Crippen LogP contribution in [0.2, 0.25) is 0 Å². The zero-order valence-corrected chi connectivity index (χ0v) is 22.3. The van der Waals surface area contributed by atoms with Crippen molar-refractivity contribution in [2.24, 2.45) is 0 Å². The van der Waals surface area contributed by atoms with E-state index in [9.17, 15) is 4.79 Å². The normalized spacial score (nSPS) is 14.1. The van der Waals surface area contributed by atoms with E-state index in [0.29, 0.717) is 52.7 Å². The highest BCUT2D eigenvalue weighted by molar-refractivity contribution is 7.98. The highest BCUT2D eigenvalue weighted by atomic mass is 32.2. The van der Waals surface area contributed by atoms with Gasteiger partial charge in [-0.15, -0.1) is 10.2 Å². The van der Waals surface area contributed by atoms with Crippen molar-refractivity contribution in [2.45, 2.75) is 38.3 Å². The largest absolute Gasteiger partial charge is 0.490 e. The minimum absolute atomic E-state index is 0.101. The number of rotatable bonds is 8. The molecular formula is C29H28N4O4S. The third-order valence-corrected chi connectivity index (χ3v) is 6.59. The molecule has 1 aromatic heterocycles.